The average molecular weight is 476 g/mol. The lowest BCUT2D eigenvalue weighted by Gasteiger charge is -2.19. The molecule has 0 aromatic heterocycles. The molecule has 0 unspecified atom stereocenters. The summed E-state index contributed by atoms with van der Waals surface area (Å²) in [6, 6.07) is 26.1. The summed E-state index contributed by atoms with van der Waals surface area (Å²) < 4.78 is 0. The van der Waals surface area contributed by atoms with E-state index >= 15 is 0 Å². The number of aryl methyl sites for hydroxylation is 6. The zero-order chi connectivity index (χ0) is 26.0. The predicted molar refractivity (Wildman–Crippen MR) is 151 cm³/mol. The Bertz CT molecular complexity index is 1420. The monoisotopic (exact) mass is 475 g/mol. The van der Waals surface area contributed by atoms with Crippen molar-refractivity contribution in [3.05, 3.63) is 123 Å². The Kier molecular flexibility index (Phi) is 7.12. The van der Waals surface area contributed by atoms with Gasteiger partial charge >= 0.3 is 0 Å². The standard InChI is InChI=1S/C33H33NO2/c1-20-16-22(3)29(23(4)17-20)31(32(35)30-24(5)18-21(2)19-25(30)6)33(36)34-28-14-12-27(13-15-28)26-10-8-7-9-11-26/h7-19,35H,1-6H3,(H,34,36)/b32-31-. The fourth-order valence-electron chi connectivity index (χ4n) is 5.16. The third kappa shape index (κ3) is 5.11. The summed E-state index contributed by atoms with van der Waals surface area (Å²) in [4.78, 5) is 13.8. The van der Waals surface area contributed by atoms with Gasteiger partial charge in [0.2, 0.25) is 0 Å². The molecule has 1 amide bonds. The summed E-state index contributed by atoms with van der Waals surface area (Å²) in [6.45, 7) is 12.0. The molecule has 0 aliphatic heterocycles. The number of hydrogen-bond acceptors (Lipinski definition) is 2. The molecule has 0 radical (unpaired) electrons. The Labute approximate surface area is 214 Å². The van der Waals surface area contributed by atoms with E-state index < -0.39 is 0 Å². The average Bonchev–Trinajstić information content (AvgIpc) is 2.81. The second-order valence-corrected chi connectivity index (χ2v) is 9.67. The molecule has 4 aromatic rings. The van der Waals surface area contributed by atoms with Crippen LogP contribution in [0.25, 0.3) is 22.5 Å². The molecule has 3 nitrogen and oxygen atoms in total. The quantitative estimate of drug-likeness (QED) is 0.173. The van der Waals surface area contributed by atoms with Crippen molar-refractivity contribution in [1.82, 2.24) is 0 Å². The summed E-state index contributed by atoms with van der Waals surface area (Å²) >= 11 is 0. The number of anilines is 1. The maximum absolute atomic E-state index is 13.8. The second-order valence-electron chi connectivity index (χ2n) is 9.67. The number of carbonyl (C=O) groups is 1. The molecule has 36 heavy (non-hydrogen) atoms. The van der Waals surface area contributed by atoms with Crippen LogP contribution in [0.1, 0.15) is 44.5 Å². The summed E-state index contributed by atoms with van der Waals surface area (Å²) in [5, 5.41) is 14.7. The number of hydrogen-bond donors (Lipinski definition) is 2. The molecule has 4 aromatic carbocycles. The Morgan fingerprint density at radius 2 is 1.06 bits per heavy atom. The van der Waals surface area contributed by atoms with E-state index in [4.69, 9.17) is 0 Å². The molecule has 0 fully saturated rings. The van der Waals surface area contributed by atoms with Crippen molar-refractivity contribution in [1.29, 1.82) is 0 Å². The molecule has 0 bridgehead atoms. The number of amides is 1. The van der Waals surface area contributed by atoms with E-state index in [-0.39, 0.29) is 17.2 Å². The van der Waals surface area contributed by atoms with Crippen molar-refractivity contribution in [3.8, 4) is 11.1 Å². The fraction of sp³-hybridized carbons (Fsp3) is 0.182. The zero-order valence-electron chi connectivity index (χ0n) is 21.9. The fourth-order valence-corrected chi connectivity index (χ4v) is 5.16. The van der Waals surface area contributed by atoms with E-state index in [1.54, 1.807) is 0 Å². The Hall–Kier alpha value is -4.11. The van der Waals surface area contributed by atoms with Crippen molar-refractivity contribution in [2.24, 2.45) is 0 Å². The third-order valence-electron chi connectivity index (χ3n) is 6.55. The molecule has 2 N–H and O–H groups in total. The highest BCUT2D eigenvalue weighted by Crippen LogP contribution is 2.34. The normalized spacial score (nSPS) is 11.7. The van der Waals surface area contributed by atoms with Crippen molar-refractivity contribution < 1.29 is 9.90 Å². The van der Waals surface area contributed by atoms with Crippen LogP contribution in [-0.4, -0.2) is 11.0 Å². The highest BCUT2D eigenvalue weighted by molar-refractivity contribution is 6.31. The number of benzene rings is 4. The Morgan fingerprint density at radius 3 is 1.56 bits per heavy atom. The molecule has 0 spiro atoms. The molecule has 182 valence electrons. The number of aliphatic hydroxyl groups excluding tert-OH is 1. The van der Waals surface area contributed by atoms with Crippen molar-refractivity contribution >= 4 is 22.9 Å². The topological polar surface area (TPSA) is 49.3 Å². The summed E-state index contributed by atoms with van der Waals surface area (Å²) in [5.74, 6) is -0.340. The van der Waals surface area contributed by atoms with Crippen LogP contribution in [0.3, 0.4) is 0 Å². The van der Waals surface area contributed by atoms with Gasteiger partial charge in [-0.05, 0) is 92.6 Å². The van der Waals surface area contributed by atoms with Crippen LogP contribution in [-0.2, 0) is 4.79 Å². The number of carbonyl (C=O) groups excluding carboxylic acids is 1. The van der Waals surface area contributed by atoms with Crippen molar-refractivity contribution in [2.75, 3.05) is 5.32 Å². The highest BCUT2D eigenvalue weighted by atomic mass is 16.3. The minimum atomic E-state index is -0.339. The first-order valence-corrected chi connectivity index (χ1v) is 12.2. The van der Waals surface area contributed by atoms with Gasteiger partial charge in [-0.3, -0.25) is 4.79 Å². The largest absolute Gasteiger partial charge is 0.506 e. The molecule has 4 rings (SSSR count). The summed E-state index contributed by atoms with van der Waals surface area (Å²) in [7, 11) is 0. The van der Waals surface area contributed by atoms with Gasteiger partial charge < -0.3 is 10.4 Å². The van der Waals surface area contributed by atoms with E-state index in [1.165, 1.54) is 0 Å². The number of aliphatic hydroxyl groups is 1. The molecular weight excluding hydrogens is 442 g/mol. The van der Waals surface area contributed by atoms with Gasteiger partial charge in [-0.2, -0.15) is 0 Å². The first-order chi connectivity index (χ1) is 17.2. The molecule has 0 aliphatic carbocycles. The van der Waals surface area contributed by atoms with Gasteiger partial charge in [0.1, 0.15) is 5.76 Å². The lowest BCUT2D eigenvalue weighted by molar-refractivity contribution is -0.111. The summed E-state index contributed by atoms with van der Waals surface area (Å²) in [6.07, 6.45) is 0. The lowest BCUT2D eigenvalue weighted by Crippen LogP contribution is -2.17. The molecule has 0 saturated heterocycles. The molecule has 0 heterocycles. The van der Waals surface area contributed by atoms with E-state index in [9.17, 15) is 9.90 Å². The highest BCUT2D eigenvalue weighted by Gasteiger charge is 2.24. The minimum absolute atomic E-state index is 0.00143. The predicted octanol–water partition coefficient (Wildman–Crippen LogP) is 8.27. The minimum Gasteiger partial charge on any atom is -0.506 e. The lowest BCUT2D eigenvalue weighted by atomic mass is 9.88. The van der Waals surface area contributed by atoms with E-state index in [0.717, 1.165) is 50.1 Å². The van der Waals surface area contributed by atoms with Crippen LogP contribution < -0.4 is 5.32 Å². The van der Waals surface area contributed by atoms with E-state index in [1.807, 2.05) is 108 Å². The van der Waals surface area contributed by atoms with Gasteiger partial charge in [0.25, 0.3) is 5.91 Å². The van der Waals surface area contributed by atoms with Crippen LogP contribution >= 0.6 is 0 Å². The Morgan fingerprint density at radius 1 is 0.611 bits per heavy atom. The first kappa shape index (κ1) is 25.0. The van der Waals surface area contributed by atoms with Gasteiger partial charge in [0, 0.05) is 11.3 Å². The second kappa shape index (κ2) is 10.2. The summed E-state index contributed by atoms with van der Waals surface area (Å²) in [5.41, 5.74) is 10.6. The number of nitrogens with one attached hydrogen (secondary N) is 1. The van der Waals surface area contributed by atoms with Crippen molar-refractivity contribution in [2.45, 2.75) is 41.5 Å². The smallest absolute Gasteiger partial charge is 0.260 e. The molecule has 0 aliphatic rings. The van der Waals surface area contributed by atoms with E-state index in [2.05, 4.69) is 17.4 Å². The maximum Gasteiger partial charge on any atom is 0.260 e. The van der Waals surface area contributed by atoms with Gasteiger partial charge in [0.15, 0.2) is 0 Å². The molecular formula is C33H33NO2. The third-order valence-corrected chi connectivity index (χ3v) is 6.55. The van der Waals surface area contributed by atoms with Gasteiger partial charge in [-0.15, -0.1) is 0 Å². The molecule has 0 atom stereocenters. The van der Waals surface area contributed by atoms with Crippen LogP contribution in [0.4, 0.5) is 5.69 Å². The van der Waals surface area contributed by atoms with Crippen LogP contribution in [0.5, 0.6) is 0 Å². The maximum atomic E-state index is 13.8. The van der Waals surface area contributed by atoms with Gasteiger partial charge in [-0.1, -0.05) is 77.9 Å². The van der Waals surface area contributed by atoms with E-state index in [0.29, 0.717) is 11.3 Å². The van der Waals surface area contributed by atoms with Gasteiger partial charge in [0.05, 0.1) is 5.57 Å². The van der Waals surface area contributed by atoms with Gasteiger partial charge in [-0.25, -0.2) is 0 Å². The first-order valence-electron chi connectivity index (χ1n) is 12.2. The Balaban J connectivity index is 1.81. The van der Waals surface area contributed by atoms with Crippen LogP contribution in [0, 0.1) is 41.5 Å². The van der Waals surface area contributed by atoms with Crippen LogP contribution in [0.2, 0.25) is 0 Å². The SMILES string of the molecule is Cc1cc(C)c(/C(O)=C(/C(=O)Nc2ccc(-c3ccccc3)cc2)c2c(C)cc(C)cc2C)c(C)c1. The molecule has 0 saturated carbocycles. The van der Waals surface area contributed by atoms with Crippen LogP contribution in [0.15, 0.2) is 78.9 Å². The van der Waals surface area contributed by atoms with Crippen molar-refractivity contribution in [3.63, 3.8) is 0 Å². The molecule has 3 heteroatoms. The zero-order valence-corrected chi connectivity index (χ0v) is 21.9. The number of rotatable bonds is 5.